The highest BCUT2D eigenvalue weighted by Crippen LogP contribution is 2.20. The number of carboxylic acid groups (broad SMARTS) is 1. The van der Waals surface area contributed by atoms with Crippen molar-refractivity contribution in [3.63, 3.8) is 0 Å². The van der Waals surface area contributed by atoms with Gasteiger partial charge in [-0.05, 0) is 29.9 Å². The molecule has 0 aliphatic heterocycles. The van der Waals surface area contributed by atoms with Gasteiger partial charge in [-0.3, -0.25) is 4.79 Å². The maximum atomic E-state index is 10.8. The van der Waals surface area contributed by atoms with Crippen molar-refractivity contribution in [1.82, 2.24) is 0 Å². The van der Waals surface area contributed by atoms with E-state index in [0.717, 1.165) is 12.0 Å². The van der Waals surface area contributed by atoms with Gasteiger partial charge in [0.1, 0.15) is 0 Å². The number of unbranched alkanes of at least 4 members (excludes halogenated alkanes) is 9. The summed E-state index contributed by atoms with van der Waals surface area (Å²) < 4.78 is 0. The summed E-state index contributed by atoms with van der Waals surface area (Å²) in [5.41, 5.74) is 2.29. The molecule has 0 saturated heterocycles. The molecule has 0 heterocycles. The third-order valence-corrected chi connectivity index (χ3v) is 4.77. The van der Waals surface area contributed by atoms with Gasteiger partial charge in [-0.2, -0.15) is 0 Å². The van der Waals surface area contributed by atoms with Crippen LogP contribution in [0.1, 0.15) is 102 Å². The van der Waals surface area contributed by atoms with Crippen LogP contribution in [0, 0.1) is 0 Å². The molecular formula is C23H36O2. The lowest BCUT2D eigenvalue weighted by molar-refractivity contribution is -0.137. The topological polar surface area (TPSA) is 37.3 Å². The molecule has 0 saturated carbocycles. The summed E-state index contributed by atoms with van der Waals surface area (Å²) in [5.74, 6) is -0.671. The van der Waals surface area contributed by atoms with Crippen LogP contribution in [0.2, 0.25) is 0 Å². The molecule has 0 amide bonds. The second kappa shape index (κ2) is 13.7. The number of aliphatic carboxylic acids is 1. The summed E-state index contributed by atoms with van der Waals surface area (Å²) in [6.45, 7) is 4.23. The highest BCUT2D eigenvalue weighted by atomic mass is 16.4. The molecule has 2 nitrogen and oxygen atoms in total. The molecular weight excluding hydrogens is 308 g/mol. The van der Waals surface area contributed by atoms with E-state index < -0.39 is 5.97 Å². The van der Waals surface area contributed by atoms with Crippen molar-refractivity contribution in [2.45, 2.75) is 90.4 Å². The van der Waals surface area contributed by atoms with Crippen LogP contribution in [0.3, 0.4) is 0 Å². The third kappa shape index (κ3) is 10.8. The van der Waals surface area contributed by atoms with Gasteiger partial charge in [0.15, 0.2) is 0 Å². The molecule has 140 valence electrons. The van der Waals surface area contributed by atoms with Crippen molar-refractivity contribution >= 4 is 12.0 Å². The van der Waals surface area contributed by atoms with Gasteiger partial charge < -0.3 is 5.11 Å². The molecule has 1 unspecified atom stereocenters. The molecule has 1 aromatic rings. The van der Waals surface area contributed by atoms with Crippen molar-refractivity contribution < 1.29 is 9.90 Å². The van der Waals surface area contributed by atoms with E-state index in [1.165, 1.54) is 63.4 Å². The van der Waals surface area contributed by atoms with Gasteiger partial charge in [-0.15, -0.1) is 0 Å². The summed E-state index contributed by atoms with van der Waals surface area (Å²) in [5, 5.41) is 8.86. The quantitative estimate of drug-likeness (QED) is 0.362. The van der Waals surface area contributed by atoms with E-state index in [-0.39, 0.29) is 12.3 Å². The predicted octanol–water partition coefficient (Wildman–Crippen LogP) is 7.20. The highest BCUT2D eigenvalue weighted by Gasteiger charge is 2.09. The molecule has 0 aliphatic rings. The molecule has 1 aromatic carbocycles. The number of rotatable bonds is 14. The number of benzene rings is 1. The lowest BCUT2D eigenvalue weighted by Crippen LogP contribution is -2.02. The molecule has 0 spiro atoms. The Labute approximate surface area is 154 Å². The first-order chi connectivity index (χ1) is 12.1. The first-order valence-corrected chi connectivity index (χ1v) is 10.1. The summed E-state index contributed by atoms with van der Waals surface area (Å²) >= 11 is 0. The third-order valence-electron chi connectivity index (χ3n) is 4.77. The maximum absolute atomic E-state index is 10.8. The summed E-state index contributed by atoms with van der Waals surface area (Å²) in [6.07, 6.45) is 18.1. The fourth-order valence-corrected chi connectivity index (χ4v) is 3.11. The Bertz CT molecular complexity index is 487. The first-order valence-electron chi connectivity index (χ1n) is 10.1. The molecule has 1 rings (SSSR count). The van der Waals surface area contributed by atoms with Crippen molar-refractivity contribution in [2.24, 2.45) is 0 Å². The number of carbonyl (C=O) groups is 1. The van der Waals surface area contributed by atoms with Crippen molar-refractivity contribution in [2.75, 3.05) is 0 Å². The Kier molecular flexibility index (Phi) is 11.8. The summed E-state index contributed by atoms with van der Waals surface area (Å²) in [4.78, 5) is 10.8. The van der Waals surface area contributed by atoms with Gasteiger partial charge in [0.05, 0.1) is 6.42 Å². The summed E-state index contributed by atoms with van der Waals surface area (Å²) in [6, 6.07) is 8.26. The van der Waals surface area contributed by atoms with E-state index in [1.807, 2.05) is 19.1 Å². The van der Waals surface area contributed by atoms with Crippen LogP contribution in [0.25, 0.3) is 6.08 Å². The minimum Gasteiger partial charge on any atom is -0.481 e. The smallest absolute Gasteiger partial charge is 0.303 e. The molecule has 0 aromatic heterocycles. The minimum absolute atomic E-state index is 0.0671. The number of carboxylic acids is 1. The fraction of sp³-hybridized carbons (Fsp3) is 0.609. The average molecular weight is 345 g/mol. The normalized spacial score (nSPS) is 12.6. The van der Waals surface area contributed by atoms with E-state index in [9.17, 15) is 4.79 Å². The van der Waals surface area contributed by atoms with Gasteiger partial charge in [0.2, 0.25) is 0 Å². The zero-order chi connectivity index (χ0) is 18.3. The fourth-order valence-electron chi connectivity index (χ4n) is 3.11. The predicted molar refractivity (Wildman–Crippen MR) is 108 cm³/mol. The van der Waals surface area contributed by atoms with Gasteiger partial charge in [0, 0.05) is 0 Å². The van der Waals surface area contributed by atoms with Crippen molar-refractivity contribution in [3.05, 3.63) is 41.5 Å². The second-order valence-electron chi connectivity index (χ2n) is 7.19. The van der Waals surface area contributed by atoms with E-state index in [1.54, 1.807) is 0 Å². The van der Waals surface area contributed by atoms with Crippen LogP contribution < -0.4 is 0 Å². The van der Waals surface area contributed by atoms with Crippen LogP contribution in [0.15, 0.2) is 30.3 Å². The molecule has 1 atom stereocenters. The number of hydrogen-bond acceptors (Lipinski definition) is 1. The van der Waals surface area contributed by atoms with Gasteiger partial charge >= 0.3 is 5.97 Å². The Hall–Kier alpha value is -1.57. The zero-order valence-corrected chi connectivity index (χ0v) is 16.2. The van der Waals surface area contributed by atoms with Crippen molar-refractivity contribution in [3.8, 4) is 0 Å². The second-order valence-corrected chi connectivity index (χ2v) is 7.19. The SMILES string of the molecule is CCCCCCCCCCCC=Cc1ccc(C(C)CC(=O)O)cc1. The standard InChI is InChI=1S/C23H36O2/c1-3-4-5-6-7-8-9-10-11-12-13-14-21-15-17-22(18-16-21)20(2)19-23(24)25/h13-18,20H,3-12,19H2,1-2H3,(H,24,25). The molecule has 0 bridgehead atoms. The number of allylic oxidation sites excluding steroid dienone is 1. The van der Waals surface area contributed by atoms with E-state index >= 15 is 0 Å². The average Bonchev–Trinajstić information content (AvgIpc) is 2.59. The van der Waals surface area contributed by atoms with Crippen LogP contribution in [-0.4, -0.2) is 11.1 Å². The monoisotopic (exact) mass is 344 g/mol. The highest BCUT2D eigenvalue weighted by molar-refractivity contribution is 5.68. The van der Waals surface area contributed by atoms with E-state index in [2.05, 4.69) is 31.2 Å². The number of hydrogen-bond donors (Lipinski definition) is 1. The van der Waals surface area contributed by atoms with Crippen LogP contribution in [-0.2, 0) is 4.79 Å². The summed E-state index contributed by atoms with van der Waals surface area (Å²) in [7, 11) is 0. The molecule has 25 heavy (non-hydrogen) atoms. The largest absolute Gasteiger partial charge is 0.481 e. The molecule has 0 aliphatic carbocycles. The molecule has 2 heteroatoms. The van der Waals surface area contributed by atoms with E-state index in [0.29, 0.717) is 0 Å². The maximum Gasteiger partial charge on any atom is 0.303 e. The Morgan fingerprint density at radius 1 is 0.960 bits per heavy atom. The van der Waals surface area contributed by atoms with Crippen molar-refractivity contribution in [1.29, 1.82) is 0 Å². The van der Waals surface area contributed by atoms with Crippen LogP contribution >= 0.6 is 0 Å². The Balaban J connectivity index is 2.13. The zero-order valence-electron chi connectivity index (χ0n) is 16.2. The molecule has 1 N–H and O–H groups in total. The van der Waals surface area contributed by atoms with Crippen LogP contribution in [0.5, 0.6) is 0 Å². The minimum atomic E-state index is -0.738. The lowest BCUT2D eigenvalue weighted by Gasteiger charge is -2.09. The van der Waals surface area contributed by atoms with Gasteiger partial charge in [0.25, 0.3) is 0 Å². The Morgan fingerprint density at radius 3 is 2.08 bits per heavy atom. The lowest BCUT2D eigenvalue weighted by atomic mass is 9.97. The van der Waals surface area contributed by atoms with Gasteiger partial charge in [-0.25, -0.2) is 0 Å². The molecule has 0 fully saturated rings. The van der Waals surface area contributed by atoms with E-state index in [4.69, 9.17) is 5.11 Å². The Morgan fingerprint density at radius 2 is 1.52 bits per heavy atom. The first kappa shape index (κ1) is 21.5. The molecule has 0 radical (unpaired) electrons. The van der Waals surface area contributed by atoms with Gasteiger partial charge in [-0.1, -0.05) is 102 Å². The van der Waals surface area contributed by atoms with Crippen LogP contribution in [0.4, 0.5) is 0 Å².